The Morgan fingerprint density at radius 2 is 2.03 bits per heavy atom. The van der Waals surface area contributed by atoms with E-state index >= 15 is 0 Å². The third-order valence-corrected chi connectivity index (χ3v) is 6.16. The number of carbonyl (C=O) groups is 1. The largest absolute Gasteiger partial charge is 0.483 e. The smallest absolute Gasteiger partial charge is 0.238 e. The second-order valence-corrected chi connectivity index (χ2v) is 9.19. The van der Waals surface area contributed by atoms with Crippen molar-refractivity contribution in [2.45, 2.75) is 63.1 Å². The van der Waals surface area contributed by atoms with Gasteiger partial charge in [0.2, 0.25) is 5.91 Å². The normalized spacial score (nSPS) is 11.9. The number of hydrogen-bond acceptors (Lipinski definition) is 6. The van der Waals surface area contributed by atoms with Gasteiger partial charge in [-0.3, -0.25) is 4.79 Å². The first-order chi connectivity index (χ1) is 16.0. The SMILES string of the molecule is CCCCCCn1c(COc2ccccc2F)nnc1S[C@H](C)C(=O)Nc1ccc(Cl)cn1. The van der Waals surface area contributed by atoms with E-state index < -0.39 is 11.1 Å². The van der Waals surface area contributed by atoms with E-state index in [-0.39, 0.29) is 18.3 Å². The number of carbonyl (C=O) groups excluding carboxylic acids is 1. The third kappa shape index (κ3) is 7.43. The van der Waals surface area contributed by atoms with E-state index in [4.69, 9.17) is 16.3 Å². The standard InChI is InChI=1S/C23H27ClFN5O2S/c1-3-4-5-8-13-30-21(15-32-19-10-7-6-9-18(19)25)28-29-23(30)33-16(2)22(31)27-20-12-11-17(24)14-26-20/h6-7,9-12,14,16H,3-5,8,13,15H2,1-2H3,(H,26,27,31)/t16-/m1/s1. The van der Waals surface area contributed by atoms with Crippen molar-refractivity contribution < 1.29 is 13.9 Å². The Balaban J connectivity index is 1.68. The number of ether oxygens (including phenoxy) is 1. The summed E-state index contributed by atoms with van der Waals surface area (Å²) >= 11 is 7.15. The second-order valence-electron chi connectivity index (χ2n) is 7.44. The predicted octanol–water partition coefficient (Wildman–Crippen LogP) is 5.74. The predicted molar refractivity (Wildman–Crippen MR) is 128 cm³/mol. The lowest BCUT2D eigenvalue weighted by molar-refractivity contribution is -0.115. The molecule has 0 aliphatic rings. The number of hydrogen-bond donors (Lipinski definition) is 1. The van der Waals surface area contributed by atoms with Crippen molar-refractivity contribution >= 4 is 35.1 Å². The number of unbranched alkanes of at least 4 members (excludes halogenated alkanes) is 3. The van der Waals surface area contributed by atoms with E-state index in [0.29, 0.717) is 28.4 Å². The molecular weight excluding hydrogens is 465 g/mol. The van der Waals surface area contributed by atoms with Gasteiger partial charge in [0.15, 0.2) is 22.5 Å². The van der Waals surface area contributed by atoms with Gasteiger partial charge in [-0.2, -0.15) is 0 Å². The molecule has 1 amide bonds. The first-order valence-electron chi connectivity index (χ1n) is 10.9. The topological polar surface area (TPSA) is 81.9 Å². The van der Waals surface area contributed by atoms with Crippen LogP contribution in [0.4, 0.5) is 10.2 Å². The van der Waals surface area contributed by atoms with Crippen molar-refractivity contribution in [2.75, 3.05) is 5.32 Å². The number of nitrogens with one attached hydrogen (secondary N) is 1. The van der Waals surface area contributed by atoms with Crippen LogP contribution in [0.15, 0.2) is 47.8 Å². The molecule has 1 N–H and O–H groups in total. The van der Waals surface area contributed by atoms with Gasteiger partial charge in [0.05, 0.1) is 10.3 Å². The Morgan fingerprint density at radius 1 is 1.21 bits per heavy atom. The van der Waals surface area contributed by atoms with Gasteiger partial charge < -0.3 is 14.6 Å². The van der Waals surface area contributed by atoms with Gasteiger partial charge in [-0.05, 0) is 37.6 Å². The number of thioether (sulfide) groups is 1. The van der Waals surface area contributed by atoms with Crippen molar-refractivity contribution in [2.24, 2.45) is 0 Å². The van der Waals surface area contributed by atoms with Gasteiger partial charge in [0.1, 0.15) is 12.4 Å². The molecule has 0 saturated carbocycles. The van der Waals surface area contributed by atoms with E-state index in [1.54, 1.807) is 37.3 Å². The quantitative estimate of drug-likeness (QED) is 0.257. The number of aromatic nitrogens is 4. The van der Waals surface area contributed by atoms with Crippen LogP contribution >= 0.6 is 23.4 Å². The number of nitrogens with zero attached hydrogens (tertiary/aromatic N) is 4. The van der Waals surface area contributed by atoms with Crippen molar-refractivity contribution in [3.8, 4) is 5.75 Å². The van der Waals surface area contributed by atoms with Gasteiger partial charge >= 0.3 is 0 Å². The molecule has 7 nitrogen and oxygen atoms in total. The van der Waals surface area contributed by atoms with E-state index in [1.807, 2.05) is 4.57 Å². The summed E-state index contributed by atoms with van der Waals surface area (Å²) in [5.41, 5.74) is 0. The Morgan fingerprint density at radius 3 is 2.76 bits per heavy atom. The minimum atomic E-state index is -0.443. The van der Waals surface area contributed by atoms with Crippen molar-refractivity contribution in [3.63, 3.8) is 0 Å². The van der Waals surface area contributed by atoms with E-state index in [2.05, 4.69) is 27.4 Å². The molecule has 0 unspecified atom stereocenters. The van der Waals surface area contributed by atoms with Crippen LogP contribution in [0.5, 0.6) is 5.75 Å². The minimum Gasteiger partial charge on any atom is -0.483 e. The Labute approximate surface area is 202 Å². The molecule has 176 valence electrons. The molecule has 10 heteroatoms. The maximum atomic E-state index is 13.9. The molecule has 0 fully saturated rings. The molecule has 1 atom stereocenters. The van der Waals surface area contributed by atoms with Crippen molar-refractivity contribution in [3.05, 3.63) is 59.3 Å². The van der Waals surface area contributed by atoms with Gasteiger partial charge in [-0.15, -0.1) is 10.2 Å². The zero-order valence-corrected chi connectivity index (χ0v) is 20.2. The van der Waals surface area contributed by atoms with Crippen molar-refractivity contribution in [1.29, 1.82) is 0 Å². The van der Waals surface area contributed by atoms with Gasteiger partial charge in [0.25, 0.3) is 0 Å². The number of amides is 1. The molecule has 0 saturated heterocycles. The number of anilines is 1. The highest BCUT2D eigenvalue weighted by molar-refractivity contribution is 8.00. The molecule has 3 rings (SSSR count). The molecule has 0 radical (unpaired) electrons. The van der Waals surface area contributed by atoms with Crippen molar-refractivity contribution in [1.82, 2.24) is 19.7 Å². The molecule has 0 spiro atoms. The Kier molecular flexibility index (Phi) is 9.50. The number of halogens is 2. The van der Waals surface area contributed by atoms with Crippen LogP contribution in [0, 0.1) is 5.82 Å². The van der Waals surface area contributed by atoms with E-state index in [1.165, 1.54) is 24.0 Å². The minimum absolute atomic E-state index is 0.0809. The molecule has 2 heterocycles. The highest BCUT2D eigenvalue weighted by Gasteiger charge is 2.21. The highest BCUT2D eigenvalue weighted by Crippen LogP contribution is 2.25. The van der Waals surface area contributed by atoms with Gasteiger partial charge in [-0.25, -0.2) is 9.37 Å². The number of rotatable bonds is 12. The average molecular weight is 492 g/mol. The van der Waals surface area contributed by atoms with E-state index in [0.717, 1.165) is 25.7 Å². The number of para-hydroxylation sites is 1. The van der Waals surface area contributed by atoms with Crippen LogP contribution in [0.1, 0.15) is 45.4 Å². The molecule has 2 aromatic heterocycles. The van der Waals surface area contributed by atoms with Gasteiger partial charge in [-0.1, -0.05) is 61.7 Å². The lowest BCUT2D eigenvalue weighted by atomic mass is 10.2. The molecule has 0 bridgehead atoms. The molecule has 3 aromatic rings. The van der Waals surface area contributed by atoms with Crippen LogP contribution in [0.2, 0.25) is 5.02 Å². The summed E-state index contributed by atoms with van der Waals surface area (Å²) in [7, 11) is 0. The summed E-state index contributed by atoms with van der Waals surface area (Å²) in [6.45, 7) is 4.72. The maximum Gasteiger partial charge on any atom is 0.238 e. The molecular formula is C23H27ClFN5O2S. The van der Waals surface area contributed by atoms with Crippen LogP contribution < -0.4 is 10.1 Å². The first-order valence-corrected chi connectivity index (χ1v) is 12.1. The summed E-state index contributed by atoms with van der Waals surface area (Å²) in [5, 5.41) is 12.0. The third-order valence-electron chi connectivity index (χ3n) is 4.85. The van der Waals surface area contributed by atoms with Crippen LogP contribution in [-0.2, 0) is 17.9 Å². The summed E-state index contributed by atoms with van der Waals surface area (Å²) in [6, 6.07) is 9.55. The number of pyridine rings is 1. The average Bonchev–Trinajstić information content (AvgIpc) is 3.18. The fourth-order valence-electron chi connectivity index (χ4n) is 3.03. The zero-order valence-electron chi connectivity index (χ0n) is 18.6. The summed E-state index contributed by atoms with van der Waals surface area (Å²) in [5.74, 6) is 0.540. The molecule has 33 heavy (non-hydrogen) atoms. The lowest BCUT2D eigenvalue weighted by Gasteiger charge is -2.14. The zero-order chi connectivity index (χ0) is 23.6. The second kappa shape index (κ2) is 12.6. The fourth-order valence-corrected chi connectivity index (χ4v) is 4.03. The maximum absolute atomic E-state index is 13.9. The van der Waals surface area contributed by atoms with Crippen LogP contribution in [0.3, 0.4) is 0 Å². The highest BCUT2D eigenvalue weighted by atomic mass is 35.5. The fraction of sp³-hybridized carbons (Fsp3) is 0.391. The number of benzene rings is 1. The summed E-state index contributed by atoms with van der Waals surface area (Å²) in [4.78, 5) is 16.7. The summed E-state index contributed by atoms with van der Waals surface area (Å²) < 4.78 is 21.5. The van der Waals surface area contributed by atoms with Gasteiger partial charge in [0, 0.05) is 12.7 Å². The molecule has 0 aliphatic heterocycles. The molecule has 1 aromatic carbocycles. The first kappa shape index (κ1) is 25.0. The van der Waals surface area contributed by atoms with Crippen LogP contribution in [-0.4, -0.2) is 30.9 Å². The molecule has 0 aliphatic carbocycles. The van der Waals surface area contributed by atoms with E-state index in [9.17, 15) is 9.18 Å². The monoisotopic (exact) mass is 491 g/mol. The Hall–Kier alpha value is -2.65. The summed E-state index contributed by atoms with van der Waals surface area (Å²) in [6.07, 6.45) is 5.76. The lowest BCUT2D eigenvalue weighted by Crippen LogP contribution is -2.23. The Bertz CT molecular complexity index is 1050. The van der Waals surface area contributed by atoms with Crippen LogP contribution in [0.25, 0.3) is 0 Å².